The quantitative estimate of drug-likeness (QED) is 0.703. The number of benzene rings is 2. The number of carbonyl (C=O) groups is 1. The van der Waals surface area contributed by atoms with Crippen molar-refractivity contribution in [3.63, 3.8) is 0 Å². The highest BCUT2D eigenvalue weighted by Gasteiger charge is 2.30. The zero-order chi connectivity index (χ0) is 17.8. The summed E-state index contributed by atoms with van der Waals surface area (Å²) in [5, 5.41) is 5.84. The molecule has 0 radical (unpaired) electrons. The van der Waals surface area contributed by atoms with E-state index < -0.39 is 0 Å². The molecule has 6 heteroatoms. The first-order valence-electron chi connectivity index (χ1n) is 8.17. The van der Waals surface area contributed by atoms with Crippen LogP contribution in [-0.4, -0.2) is 28.3 Å². The average Bonchev–Trinajstić information content (AvgIpc) is 3.31. The number of rotatable bonds is 5. The minimum absolute atomic E-state index is 0.128. The molecule has 0 bridgehead atoms. The van der Waals surface area contributed by atoms with Gasteiger partial charge in [-0.1, -0.05) is 60.7 Å². The van der Waals surface area contributed by atoms with Crippen molar-refractivity contribution in [2.24, 2.45) is 4.99 Å². The Morgan fingerprint density at radius 3 is 2.46 bits per heavy atom. The summed E-state index contributed by atoms with van der Waals surface area (Å²) in [4.78, 5) is 23.4. The molecule has 0 unspecified atom stereocenters. The number of thiazole rings is 1. The van der Waals surface area contributed by atoms with Gasteiger partial charge in [-0.15, -0.1) is 11.3 Å². The summed E-state index contributed by atoms with van der Waals surface area (Å²) in [6.45, 7) is 0.312. The fourth-order valence-corrected chi connectivity index (χ4v) is 3.19. The molecule has 26 heavy (non-hydrogen) atoms. The van der Waals surface area contributed by atoms with Crippen LogP contribution in [-0.2, 0) is 4.79 Å². The van der Waals surface area contributed by atoms with Crippen LogP contribution < -0.4 is 5.32 Å². The van der Waals surface area contributed by atoms with Crippen molar-refractivity contribution < 1.29 is 4.79 Å². The van der Waals surface area contributed by atoms with Crippen LogP contribution >= 0.6 is 11.3 Å². The van der Waals surface area contributed by atoms with Crippen molar-refractivity contribution in [3.8, 4) is 0 Å². The van der Waals surface area contributed by atoms with Gasteiger partial charge in [-0.25, -0.2) is 9.98 Å². The van der Waals surface area contributed by atoms with Crippen molar-refractivity contribution in [2.75, 3.05) is 12.0 Å². The molecule has 0 atom stereocenters. The van der Waals surface area contributed by atoms with Gasteiger partial charge in [0.25, 0.3) is 5.91 Å². The predicted molar refractivity (Wildman–Crippen MR) is 105 cm³/mol. The SMILES string of the molecule is O=C1C(=Cc2ccccc2)N=C(c2ccccc2)N1CNc1nccs1. The minimum Gasteiger partial charge on any atom is -0.344 e. The van der Waals surface area contributed by atoms with E-state index in [2.05, 4.69) is 15.3 Å². The Bertz CT molecular complexity index is 950. The van der Waals surface area contributed by atoms with E-state index in [4.69, 9.17) is 0 Å². The normalized spacial score (nSPS) is 15.4. The first-order chi connectivity index (χ1) is 12.8. The van der Waals surface area contributed by atoms with E-state index in [0.717, 1.165) is 16.3 Å². The molecule has 3 aromatic rings. The molecular formula is C20H16N4OS. The van der Waals surface area contributed by atoms with Gasteiger partial charge in [-0.05, 0) is 11.6 Å². The molecule has 0 aliphatic carbocycles. The lowest BCUT2D eigenvalue weighted by molar-refractivity contribution is -0.122. The Labute approximate surface area is 155 Å². The Balaban J connectivity index is 1.66. The smallest absolute Gasteiger partial charge is 0.279 e. The largest absolute Gasteiger partial charge is 0.344 e. The molecular weight excluding hydrogens is 344 g/mol. The lowest BCUT2D eigenvalue weighted by Gasteiger charge is -2.18. The zero-order valence-corrected chi connectivity index (χ0v) is 14.7. The summed E-state index contributed by atoms with van der Waals surface area (Å²) in [5.74, 6) is 0.513. The van der Waals surface area contributed by atoms with Gasteiger partial charge in [0.2, 0.25) is 0 Å². The number of amides is 1. The molecule has 0 saturated heterocycles. The Morgan fingerprint density at radius 1 is 1.04 bits per heavy atom. The lowest BCUT2D eigenvalue weighted by Crippen LogP contribution is -2.36. The van der Waals surface area contributed by atoms with E-state index in [9.17, 15) is 4.79 Å². The van der Waals surface area contributed by atoms with E-state index in [-0.39, 0.29) is 5.91 Å². The summed E-state index contributed by atoms with van der Waals surface area (Å²) in [7, 11) is 0. The monoisotopic (exact) mass is 360 g/mol. The molecule has 1 amide bonds. The topological polar surface area (TPSA) is 57.6 Å². The molecule has 0 fully saturated rings. The van der Waals surface area contributed by atoms with Crippen LogP contribution in [0.2, 0.25) is 0 Å². The van der Waals surface area contributed by atoms with Crippen molar-refractivity contribution in [3.05, 3.63) is 89.1 Å². The van der Waals surface area contributed by atoms with E-state index in [1.54, 1.807) is 11.1 Å². The van der Waals surface area contributed by atoms with Crippen LogP contribution in [0.5, 0.6) is 0 Å². The molecule has 0 spiro atoms. The molecule has 0 saturated carbocycles. The molecule has 1 N–H and O–H groups in total. The third-order valence-corrected chi connectivity index (χ3v) is 4.63. The molecule has 1 aliphatic rings. The predicted octanol–water partition coefficient (Wildman–Crippen LogP) is 3.84. The Hall–Kier alpha value is -3.25. The number of nitrogens with zero attached hydrogens (tertiary/aromatic N) is 3. The highest BCUT2D eigenvalue weighted by molar-refractivity contribution is 7.13. The summed E-state index contributed by atoms with van der Waals surface area (Å²) >= 11 is 1.49. The second-order valence-electron chi connectivity index (χ2n) is 5.65. The number of hydrogen-bond donors (Lipinski definition) is 1. The van der Waals surface area contributed by atoms with Gasteiger partial charge < -0.3 is 5.32 Å². The number of aromatic nitrogens is 1. The van der Waals surface area contributed by atoms with Crippen LogP contribution in [0, 0.1) is 0 Å². The molecule has 4 rings (SSSR count). The average molecular weight is 360 g/mol. The molecule has 2 aromatic carbocycles. The number of hydrogen-bond acceptors (Lipinski definition) is 5. The van der Waals surface area contributed by atoms with E-state index in [1.807, 2.05) is 72.1 Å². The van der Waals surface area contributed by atoms with Crippen LogP contribution in [0.15, 0.2) is 82.9 Å². The van der Waals surface area contributed by atoms with Crippen LogP contribution in [0.4, 0.5) is 5.13 Å². The standard InChI is InChI=1S/C20H16N4OS/c25-19-17(13-15-7-3-1-4-8-15)23-18(16-9-5-2-6-10-16)24(19)14-22-20-21-11-12-26-20/h1-13H,14H2,(H,21,22). The Morgan fingerprint density at radius 2 is 1.77 bits per heavy atom. The summed E-state index contributed by atoms with van der Waals surface area (Å²) in [6.07, 6.45) is 3.54. The second kappa shape index (κ2) is 7.33. The number of nitrogens with one attached hydrogen (secondary N) is 1. The van der Waals surface area contributed by atoms with Gasteiger partial charge in [-0.2, -0.15) is 0 Å². The maximum atomic E-state index is 12.9. The van der Waals surface area contributed by atoms with Gasteiger partial charge in [0.15, 0.2) is 5.13 Å². The molecule has 5 nitrogen and oxygen atoms in total. The maximum Gasteiger partial charge on any atom is 0.279 e. The second-order valence-corrected chi connectivity index (χ2v) is 6.54. The number of amidine groups is 1. The van der Waals surface area contributed by atoms with E-state index >= 15 is 0 Å². The molecule has 1 aromatic heterocycles. The van der Waals surface area contributed by atoms with E-state index in [1.165, 1.54) is 11.3 Å². The molecule has 1 aliphatic heterocycles. The fraction of sp³-hybridized carbons (Fsp3) is 0.0500. The van der Waals surface area contributed by atoms with Crippen molar-refractivity contribution in [1.82, 2.24) is 9.88 Å². The van der Waals surface area contributed by atoms with Gasteiger partial charge in [0.1, 0.15) is 11.5 Å². The van der Waals surface area contributed by atoms with Crippen LogP contribution in [0.1, 0.15) is 11.1 Å². The molecule has 128 valence electrons. The van der Waals surface area contributed by atoms with Crippen LogP contribution in [0.3, 0.4) is 0 Å². The summed E-state index contributed by atoms with van der Waals surface area (Å²) in [5.41, 5.74) is 2.27. The third kappa shape index (κ3) is 3.41. The first kappa shape index (κ1) is 16.2. The molecule has 2 heterocycles. The van der Waals surface area contributed by atoms with Crippen LogP contribution in [0.25, 0.3) is 6.08 Å². The third-order valence-electron chi connectivity index (χ3n) is 3.90. The summed E-state index contributed by atoms with van der Waals surface area (Å²) < 4.78 is 0. The van der Waals surface area contributed by atoms with Crippen molar-refractivity contribution in [2.45, 2.75) is 0 Å². The maximum absolute atomic E-state index is 12.9. The van der Waals surface area contributed by atoms with Crippen molar-refractivity contribution >= 4 is 34.3 Å². The van der Waals surface area contributed by atoms with Gasteiger partial charge in [0.05, 0.1) is 6.67 Å². The minimum atomic E-state index is -0.128. The fourth-order valence-electron chi connectivity index (χ4n) is 2.67. The zero-order valence-electron chi connectivity index (χ0n) is 13.9. The number of aliphatic imine (C=N–C) groups is 1. The van der Waals surface area contributed by atoms with Crippen molar-refractivity contribution in [1.29, 1.82) is 0 Å². The highest BCUT2D eigenvalue weighted by atomic mass is 32.1. The van der Waals surface area contributed by atoms with E-state index in [0.29, 0.717) is 18.2 Å². The lowest BCUT2D eigenvalue weighted by atomic mass is 10.2. The van der Waals surface area contributed by atoms with Gasteiger partial charge in [0, 0.05) is 17.1 Å². The van der Waals surface area contributed by atoms with Gasteiger partial charge in [-0.3, -0.25) is 9.69 Å². The highest BCUT2D eigenvalue weighted by Crippen LogP contribution is 2.22. The summed E-state index contributed by atoms with van der Waals surface area (Å²) in [6, 6.07) is 19.5. The Kier molecular flexibility index (Phi) is 4.57. The number of carbonyl (C=O) groups excluding carboxylic acids is 1. The van der Waals surface area contributed by atoms with Gasteiger partial charge >= 0.3 is 0 Å². The first-order valence-corrected chi connectivity index (χ1v) is 9.05. The number of anilines is 1.